The van der Waals surface area contributed by atoms with Crippen LogP contribution in [0.25, 0.3) is 0 Å². The van der Waals surface area contributed by atoms with Gasteiger partial charge in [0.2, 0.25) is 17.6 Å². The fourth-order valence-electron chi connectivity index (χ4n) is 6.20. The molecule has 0 spiro atoms. The second kappa shape index (κ2) is 13.9. The van der Waals surface area contributed by atoms with Gasteiger partial charge in [-0.2, -0.15) is 0 Å². The molecule has 0 aromatic heterocycles. The number of nitrogens with one attached hydrogen (secondary N) is 4. The lowest BCUT2D eigenvalue weighted by Gasteiger charge is -2.43. The van der Waals surface area contributed by atoms with Crippen molar-refractivity contribution in [2.24, 2.45) is 5.41 Å². The summed E-state index contributed by atoms with van der Waals surface area (Å²) in [5.74, 6) is -2.33. The third-order valence-corrected chi connectivity index (χ3v) is 10.8. The van der Waals surface area contributed by atoms with Crippen LogP contribution in [0.4, 0.5) is 4.79 Å². The first-order valence-corrected chi connectivity index (χ1v) is 17.7. The molecule has 0 unspecified atom stereocenters. The van der Waals surface area contributed by atoms with E-state index in [0.29, 0.717) is 45.1 Å². The molecule has 4 N–H and O–H groups in total. The number of sulfone groups is 1. The highest BCUT2D eigenvalue weighted by atomic mass is 32.2. The normalized spacial score (nSPS) is 22.6. The SMILES string of the molecule is CCC[C@H](NC(=O)[C@@H]1CCCN1C(=O)[C@@H](NC(=O)NC1([C@@H](C)S(C)(=O)=O)CCCCC1)C(C)(C)C)C(=O)C(=O)NC1CC1. The van der Waals surface area contributed by atoms with E-state index in [1.807, 2.05) is 27.7 Å². The van der Waals surface area contributed by atoms with Crippen molar-refractivity contribution >= 4 is 39.4 Å². The summed E-state index contributed by atoms with van der Waals surface area (Å²) in [7, 11) is -3.45. The van der Waals surface area contributed by atoms with Gasteiger partial charge in [-0.3, -0.25) is 19.2 Å². The lowest BCUT2D eigenvalue weighted by molar-refractivity contribution is -0.143. The summed E-state index contributed by atoms with van der Waals surface area (Å²) < 4.78 is 25.0. The Morgan fingerprint density at radius 2 is 1.58 bits per heavy atom. The smallest absolute Gasteiger partial charge is 0.315 e. The quantitative estimate of drug-likeness (QED) is 0.240. The van der Waals surface area contributed by atoms with Gasteiger partial charge in [-0.25, -0.2) is 13.2 Å². The predicted octanol–water partition coefficient (Wildman–Crippen LogP) is 1.96. The number of carbonyl (C=O) groups is 5. The average molecular weight is 626 g/mol. The number of rotatable bonds is 12. The number of carbonyl (C=O) groups excluding carboxylic acids is 5. The largest absolute Gasteiger partial charge is 0.347 e. The summed E-state index contributed by atoms with van der Waals surface area (Å²) >= 11 is 0. The Bertz CT molecular complexity index is 1170. The van der Waals surface area contributed by atoms with Crippen LogP contribution in [-0.2, 0) is 29.0 Å². The number of ketones is 1. The second-order valence-electron chi connectivity index (χ2n) is 13.7. The highest BCUT2D eigenvalue weighted by Gasteiger charge is 2.46. The molecule has 13 heteroatoms. The third-order valence-electron chi connectivity index (χ3n) is 9.10. The van der Waals surface area contributed by atoms with E-state index in [2.05, 4.69) is 21.3 Å². The van der Waals surface area contributed by atoms with E-state index in [-0.39, 0.29) is 6.04 Å². The monoisotopic (exact) mass is 625 g/mol. The van der Waals surface area contributed by atoms with Crippen LogP contribution in [0.3, 0.4) is 0 Å². The Morgan fingerprint density at radius 1 is 0.953 bits per heavy atom. The molecule has 3 rings (SSSR count). The van der Waals surface area contributed by atoms with Gasteiger partial charge in [-0.05, 0) is 57.3 Å². The Hall–Kier alpha value is -2.70. The third kappa shape index (κ3) is 8.92. The lowest BCUT2D eigenvalue weighted by atomic mass is 9.79. The molecule has 1 heterocycles. The molecule has 0 aromatic carbocycles. The number of likely N-dealkylation sites (tertiary alicyclic amines) is 1. The van der Waals surface area contributed by atoms with Crippen molar-refractivity contribution in [1.82, 2.24) is 26.2 Å². The van der Waals surface area contributed by atoms with Crippen molar-refractivity contribution < 1.29 is 32.4 Å². The summed E-state index contributed by atoms with van der Waals surface area (Å²) in [5, 5.41) is 10.4. The van der Waals surface area contributed by atoms with Crippen molar-refractivity contribution in [2.45, 2.75) is 140 Å². The van der Waals surface area contributed by atoms with Crippen LogP contribution in [0.5, 0.6) is 0 Å². The van der Waals surface area contributed by atoms with Crippen LogP contribution in [0, 0.1) is 5.41 Å². The molecule has 1 saturated heterocycles. The molecule has 3 fully saturated rings. The maximum Gasteiger partial charge on any atom is 0.315 e. The molecule has 0 radical (unpaired) electrons. The van der Waals surface area contributed by atoms with Gasteiger partial charge in [0, 0.05) is 18.8 Å². The molecule has 43 heavy (non-hydrogen) atoms. The van der Waals surface area contributed by atoms with Crippen molar-refractivity contribution in [3.8, 4) is 0 Å². The zero-order valence-electron chi connectivity index (χ0n) is 26.6. The second-order valence-corrected chi connectivity index (χ2v) is 16.1. The maximum atomic E-state index is 14.0. The summed E-state index contributed by atoms with van der Waals surface area (Å²) in [6.07, 6.45) is 8.24. The molecule has 0 bridgehead atoms. The molecule has 2 saturated carbocycles. The van der Waals surface area contributed by atoms with Gasteiger partial charge in [-0.1, -0.05) is 53.4 Å². The molecule has 244 valence electrons. The molecule has 12 nitrogen and oxygen atoms in total. The number of hydrogen-bond donors (Lipinski definition) is 4. The minimum atomic E-state index is -3.45. The molecule has 2 aliphatic carbocycles. The van der Waals surface area contributed by atoms with Crippen LogP contribution in [0.15, 0.2) is 0 Å². The predicted molar refractivity (Wildman–Crippen MR) is 163 cm³/mol. The fraction of sp³-hybridized carbons (Fsp3) is 0.833. The van der Waals surface area contributed by atoms with E-state index >= 15 is 0 Å². The van der Waals surface area contributed by atoms with E-state index in [1.54, 1.807) is 6.92 Å². The Labute approximate surface area is 256 Å². The number of hydrogen-bond acceptors (Lipinski definition) is 7. The number of nitrogens with zero attached hydrogens (tertiary/aromatic N) is 1. The maximum absolute atomic E-state index is 14.0. The molecule has 0 aromatic rings. The van der Waals surface area contributed by atoms with E-state index < -0.39 is 73.7 Å². The zero-order chi connectivity index (χ0) is 32.2. The van der Waals surface area contributed by atoms with Gasteiger partial charge < -0.3 is 26.2 Å². The Balaban J connectivity index is 1.74. The van der Waals surface area contributed by atoms with Crippen LogP contribution in [0.1, 0.15) is 105 Å². The summed E-state index contributed by atoms with van der Waals surface area (Å²) in [4.78, 5) is 67.5. The highest BCUT2D eigenvalue weighted by Crippen LogP contribution is 2.34. The first kappa shape index (κ1) is 34.8. The van der Waals surface area contributed by atoms with E-state index in [1.165, 1.54) is 11.2 Å². The Kier molecular flexibility index (Phi) is 11.3. The first-order chi connectivity index (χ1) is 20.0. The number of Topliss-reactive ketones (excluding diaryl/α,β-unsaturated/α-hetero) is 1. The van der Waals surface area contributed by atoms with Crippen LogP contribution in [-0.4, -0.2) is 90.6 Å². The topological polar surface area (TPSA) is 171 Å². The fourth-order valence-corrected chi connectivity index (χ4v) is 7.32. The molecular formula is C30H51N5O7S. The minimum absolute atomic E-state index is 0.0129. The van der Waals surface area contributed by atoms with Gasteiger partial charge in [0.05, 0.1) is 16.8 Å². The van der Waals surface area contributed by atoms with Crippen LogP contribution in [0.2, 0.25) is 0 Å². The molecular weight excluding hydrogens is 574 g/mol. The van der Waals surface area contributed by atoms with Crippen LogP contribution < -0.4 is 21.3 Å². The summed E-state index contributed by atoms with van der Waals surface area (Å²) in [6.45, 7) is 9.21. The van der Waals surface area contributed by atoms with Crippen molar-refractivity contribution in [1.29, 1.82) is 0 Å². The minimum Gasteiger partial charge on any atom is -0.347 e. The first-order valence-electron chi connectivity index (χ1n) is 15.7. The van der Waals surface area contributed by atoms with E-state index in [9.17, 15) is 32.4 Å². The zero-order valence-corrected chi connectivity index (χ0v) is 27.4. The van der Waals surface area contributed by atoms with Gasteiger partial charge >= 0.3 is 6.03 Å². The van der Waals surface area contributed by atoms with Gasteiger partial charge in [0.1, 0.15) is 12.1 Å². The molecule has 1 aliphatic heterocycles. The highest BCUT2D eigenvalue weighted by molar-refractivity contribution is 7.91. The van der Waals surface area contributed by atoms with Crippen molar-refractivity contribution in [3.63, 3.8) is 0 Å². The molecule has 3 aliphatic rings. The van der Waals surface area contributed by atoms with Gasteiger partial charge in [0.15, 0.2) is 9.84 Å². The van der Waals surface area contributed by atoms with E-state index in [0.717, 1.165) is 32.1 Å². The van der Waals surface area contributed by atoms with Crippen LogP contribution >= 0.6 is 0 Å². The average Bonchev–Trinajstić information content (AvgIpc) is 3.60. The summed E-state index contributed by atoms with van der Waals surface area (Å²) in [6, 6.07) is -3.46. The van der Waals surface area contributed by atoms with E-state index in [4.69, 9.17) is 0 Å². The molecule has 5 amide bonds. The number of amides is 5. The standard InChI is InChI=1S/C30H51N5O7S/c1-7-12-21(23(36)26(38)31-20-14-15-20)32-25(37)22-13-11-18-35(22)27(39)24(29(3,4)5)33-28(40)34-30(16-9-8-10-17-30)19(2)43(6,41)42/h19-22,24H,7-18H2,1-6H3,(H,31,38)(H,32,37)(H2,33,34,40)/t19-,21+,22+,24-/m1/s1. The number of urea groups is 1. The van der Waals surface area contributed by atoms with Crippen molar-refractivity contribution in [2.75, 3.05) is 12.8 Å². The van der Waals surface area contributed by atoms with Crippen molar-refractivity contribution in [3.05, 3.63) is 0 Å². The Morgan fingerprint density at radius 3 is 2.12 bits per heavy atom. The lowest BCUT2D eigenvalue weighted by Crippen LogP contribution is -2.64. The molecule has 4 atom stereocenters. The summed E-state index contributed by atoms with van der Waals surface area (Å²) in [5.41, 5.74) is -1.67. The van der Waals surface area contributed by atoms with Gasteiger partial charge in [-0.15, -0.1) is 0 Å². The van der Waals surface area contributed by atoms with Gasteiger partial charge in [0.25, 0.3) is 5.91 Å².